The molecule has 0 aliphatic rings. The molecule has 0 aliphatic heterocycles. The molecular formula is C24H22N2O4. The van der Waals surface area contributed by atoms with Crippen LogP contribution in [0.25, 0.3) is 0 Å². The number of nitrogens with zero attached hydrogens (tertiary/aromatic N) is 1. The Bertz CT molecular complexity index is 1040. The third kappa shape index (κ3) is 5.11. The van der Waals surface area contributed by atoms with Crippen LogP contribution in [0.15, 0.2) is 78.9 Å². The minimum atomic E-state index is -0.729. The standard InChI is InChI=1S/C24H22N2O4/c1-26(2)19-14-12-18(13-15-19)25-22(27)16-30-24(29)21-11-7-6-10-20(21)23(28)17-8-4-3-5-9-17/h3-15H,16H2,1-2H3,(H,25,27). The van der Waals surface area contributed by atoms with E-state index in [0.717, 1.165) is 5.69 Å². The van der Waals surface area contributed by atoms with E-state index in [1.807, 2.05) is 37.2 Å². The van der Waals surface area contributed by atoms with E-state index in [4.69, 9.17) is 4.74 Å². The Morgan fingerprint density at radius 3 is 2.03 bits per heavy atom. The van der Waals surface area contributed by atoms with Crippen LogP contribution >= 0.6 is 0 Å². The molecule has 0 spiro atoms. The van der Waals surface area contributed by atoms with E-state index in [0.29, 0.717) is 11.3 Å². The number of hydrogen-bond acceptors (Lipinski definition) is 5. The molecule has 6 nitrogen and oxygen atoms in total. The zero-order chi connectivity index (χ0) is 21.5. The summed E-state index contributed by atoms with van der Waals surface area (Å²) in [5.41, 5.74) is 2.42. The lowest BCUT2D eigenvalue weighted by Gasteiger charge is -2.13. The summed E-state index contributed by atoms with van der Waals surface area (Å²) in [4.78, 5) is 39.3. The van der Waals surface area contributed by atoms with Gasteiger partial charge in [0.25, 0.3) is 5.91 Å². The maximum atomic E-state index is 12.7. The first-order valence-corrected chi connectivity index (χ1v) is 9.39. The number of benzene rings is 3. The minimum absolute atomic E-state index is 0.120. The first kappa shape index (κ1) is 20.8. The van der Waals surface area contributed by atoms with Crippen molar-refractivity contribution in [2.45, 2.75) is 0 Å². The van der Waals surface area contributed by atoms with Crippen molar-refractivity contribution < 1.29 is 19.1 Å². The second-order valence-corrected chi connectivity index (χ2v) is 6.81. The van der Waals surface area contributed by atoms with Crippen LogP contribution in [0.4, 0.5) is 11.4 Å². The summed E-state index contributed by atoms with van der Waals surface area (Å²) in [5.74, 6) is -1.48. The van der Waals surface area contributed by atoms with Gasteiger partial charge in [0.05, 0.1) is 5.56 Å². The molecule has 0 bridgehead atoms. The number of esters is 1. The highest BCUT2D eigenvalue weighted by atomic mass is 16.5. The van der Waals surface area contributed by atoms with Gasteiger partial charge in [-0.15, -0.1) is 0 Å². The van der Waals surface area contributed by atoms with Gasteiger partial charge in [0, 0.05) is 36.6 Å². The Labute approximate surface area is 175 Å². The first-order chi connectivity index (χ1) is 14.5. The van der Waals surface area contributed by atoms with Gasteiger partial charge in [-0.05, 0) is 30.3 Å². The van der Waals surface area contributed by atoms with Crippen molar-refractivity contribution in [2.24, 2.45) is 0 Å². The molecule has 3 rings (SSSR count). The maximum Gasteiger partial charge on any atom is 0.339 e. The Morgan fingerprint density at radius 2 is 1.40 bits per heavy atom. The number of ketones is 1. The van der Waals surface area contributed by atoms with Crippen LogP contribution in [0.2, 0.25) is 0 Å². The zero-order valence-electron chi connectivity index (χ0n) is 16.8. The fourth-order valence-corrected chi connectivity index (χ4v) is 2.85. The van der Waals surface area contributed by atoms with Gasteiger partial charge in [0.15, 0.2) is 12.4 Å². The van der Waals surface area contributed by atoms with Crippen LogP contribution in [0.3, 0.4) is 0 Å². The molecule has 0 unspecified atom stereocenters. The summed E-state index contributed by atoms with van der Waals surface area (Å²) in [6.45, 7) is -0.456. The predicted molar refractivity (Wildman–Crippen MR) is 116 cm³/mol. The third-order valence-corrected chi connectivity index (χ3v) is 4.43. The maximum absolute atomic E-state index is 12.7. The van der Waals surface area contributed by atoms with E-state index >= 15 is 0 Å². The van der Waals surface area contributed by atoms with E-state index in [2.05, 4.69) is 5.32 Å². The molecule has 3 aromatic carbocycles. The Kier molecular flexibility index (Phi) is 6.60. The summed E-state index contributed by atoms with van der Waals surface area (Å²) in [6.07, 6.45) is 0. The number of rotatable bonds is 7. The van der Waals surface area contributed by atoms with E-state index in [9.17, 15) is 14.4 Å². The average molecular weight is 402 g/mol. The lowest BCUT2D eigenvalue weighted by Crippen LogP contribution is -2.22. The van der Waals surface area contributed by atoms with E-state index in [1.165, 1.54) is 6.07 Å². The topological polar surface area (TPSA) is 75.7 Å². The molecule has 152 valence electrons. The number of hydrogen-bond donors (Lipinski definition) is 1. The Hall–Kier alpha value is -3.93. The van der Waals surface area contributed by atoms with Gasteiger partial charge < -0.3 is 15.0 Å². The fourth-order valence-electron chi connectivity index (χ4n) is 2.85. The van der Waals surface area contributed by atoms with Gasteiger partial charge in [-0.2, -0.15) is 0 Å². The molecule has 30 heavy (non-hydrogen) atoms. The van der Waals surface area contributed by atoms with Crippen molar-refractivity contribution in [1.29, 1.82) is 0 Å². The zero-order valence-corrected chi connectivity index (χ0v) is 16.8. The summed E-state index contributed by atoms with van der Waals surface area (Å²) in [6, 6.07) is 22.3. The summed E-state index contributed by atoms with van der Waals surface area (Å²) >= 11 is 0. The van der Waals surface area contributed by atoms with Crippen LogP contribution in [0, 0.1) is 0 Å². The average Bonchev–Trinajstić information content (AvgIpc) is 2.78. The quantitative estimate of drug-likeness (QED) is 0.481. The van der Waals surface area contributed by atoms with Crippen LogP contribution in [-0.4, -0.2) is 38.4 Å². The predicted octanol–water partition coefficient (Wildman–Crippen LogP) is 3.78. The SMILES string of the molecule is CN(C)c1ccc(NC(=O)COC(=O)c2ccccc2C(=O)c2ccccc2)cc1. The van der Waals surface area contributed by atoms with E-state index in [1.54, 1.807) is 54.6 Å². The monoisotopic (exact) mass is 402 g/mol. The third-order valence-electron chi connectivity index (χ3n) is 4.43. The molecule has 0 saturated heterocycles. The second kappa shape index (κ2) is 9.52. The molecule has 0 aliphatic carbocycles. The van der Waals surface area contributed by atoms with E-state index in [-0.39, 0.29) is 16.9 Å². The highest BCUT2D eigenvalue weighted by Gasteiger charge is 2.19. The summed E-state index contributed by atoms with van der Waals surface area (Å²) < 4.78 is 5.14. The minimum Gasteiger partial charge on any atom is -0.452 e. The number of ether oxygens (including phenoxy) is 1. The number of amides is 1. The summed E-state index contributed by atoms with van der Waals surface area (Å²) in [5, 5.41) is 2.68. The molecule has 3 aromatic rings. The van der Waals surface area contributed by atoms with Crippen LogP contribution < -0.4 is 10.2 Å². The van der Waals surface area contributed by atoms with Gasteiger partial charge in [0.1, 0.15) is 0 Å². The van der Waals surface area contributed by atoms with Gasteiger partial charge in [-0.3, -0.25) is 9.59 Å². The highest BCUT2D eigenvalue weighted by molar-refractivity contribution is 6.14. The highest BCUT2D eigenvalue weighted by Crippen LogP contribution is 2.17. The van der Waals surface area contributed by atoms with Crippen molar-refractivity contribution in [1.82, 2.24) is 0 Å². The molecule has 0 fully saturated rings. The smallest absolute Gasteiger partial charge is 0.339 e. The molecule has 0 saturated carbocycles. The normalized spacial score (nSPS) is 10.2. The molecule has 6 heteroatoms. The van der Waals surface area contributed by atoms with Crippen molar-refractivity contribution in [3.63, 3.8) is 0 Å². The largest absolute Gasteiger partial charge is 0.452 e. The first-order valence-electron chi connectivity index (χ1n) is 9.39. The van der Waals surface area contributed by atoms with Crippen LogP contribution in [0.1, 0.15) is 26.3 Å². The summed E-state index contributed by atoms with van der Waals surface area (Å²) in [7, 11) is 3.85. The molecule has 0 radical (unpaired) electrons. The Morgan fingerprint density at radius 1 is 0.800 bits per heavy atom. The van der Waals surface area contributed by atoms with Crippen LogP contribution in [-0.2, 0) is 9.53 Å². The van der Waals surface area contributed by atoms with E-state index < -0.39 is 18.5 Å². The number of nitrogens with one attached hydrogen (secondary N) is 1. The van der Waals surface area contributed by atoms with Crippen LogP contribution in [0.5, 0.6) is 0 Å². The van der Waals surface area contributed by atoms with Crippen molar-refractivity contribution in [2.75, 3.05) is 30.9 Å². The fraction of sp³-hybridized carbons (Fsp3) is 0.125. The molecule has 0 atom stereocenters. The second-order valence-electron chi connectivity index (χ2n) is 6.81. The number of carbonyl (C=O) groups is 3. The molecule has 1 N–H and O–H groups in total. The molecule has 1 amide bonds. The lowest BCUT2D eigenvalue weighted by molar-refractivity contribution is -0.119. The number of anilines is 2. The van der Waals surface area contributed by atoms with Crippen molar-refractivity contribution in [3.8, 4) is 0 Å². The molecular weight excluding hydrogens is 380 g/mol. The molecule has 0 heterocycles. The number of carbonyl (C=O) groups excluding carboxylic acids is 3. The van der Waals surface area contributed by atoms with Crippen molar-refractivity contribution in [3.05, 3.63) is 95.6 Å². The lowest BCUT2D eigenvalue weighted by atomic mass is 9.98. The van der Waals surface area contributed by atoms with Gasteiger partial charge >= 0.3 is 5.97 Å². The Balaban J connectivity index is 1.64. The van der Waals surface area contributed by atoms with Gasteiger partial charge in [-0.1, -0.05) is 48.5 Å². The molecule has 0 aromatic heterocycles. The van der Waals surface area contributed by atoms with Gasteiger partial charge in [-0.25, -0.2) is 4.79 Å². The van der Waals surface area contributed by atoms with Crippen molar-refractivity contribution >= 4 is 29.0 Å². The van der Waals surface area contributed by atoms with Gasteiger partial charge in [0.2, 0.25) is 0 Å².